The molecule has 0 aliphatic carbocycles. The fourth-order valence-corrected chi connectivity index (χ4v) is 2.45. The summed E-state index contributed by atoms with van der Waals surface area (Å²) in [5, 5.41) is 11.7. The Morgan fingerprint density at radius 2 is 1.96 bits per heavy atom. The fraction of sp³-hybridized carbons (Fsp3) is 0. The molecule has 7 heteroatoms. The monoisotopic (exact) mass is 355 g/mol. The number of allylic oxidation sites excluding steroid dienone is 1. The maximum atomic E-state index is 12.3. The van der Waals surface area contributed by atoms with E-state index in [0.717, 1.165) is 0 Å². The van der Waals surface area contributed by atoms with Gasteiger partial charge in [0.25, 0.3) is 5.69 Å². The number of carbonyl (C=O) groups excluding carboxylic acids is 1. The quantitative estimate of drug-likeness (QED) is 0.229. The van der Waals surface area contributed by atoms with Crippen molar-refractivity contribution in [1.29, 1.82) is 0 Å². The third-order valence-electron chi connectivity index (χ3n) is 3.47. The summed E-state index contributed by atoms with van der Waals surface area (Å²) in [5.74, 6) is -0.567. The standard InChI is InChI=1S/C18H10ClNO5/c19-13-5-7-17-12(9-13)10-15(18(22)25-17)16(21)6-4-11-2-1-3-14(8-11)20(23)24/h1-10H/b6-4+. The van der Waals surface area contributed by atoms with Crippen LogP contribution in [0.3, 0.4) is 0 Å². The van der Waals surface area contributed by atoms with Crippen molar-refractivity contribution in [2.45, 2.75) is 0 Å². The largest absolute Gasteiger partial charge is 0.422 e. The number of hydrogen-bond acceptors (Lipinski definition) is 5. The van der Waals surface area contributed by atoms with Gasteiger partial charge in [0, 0.05) is 22.5 Å². The highest BCUT2D eigenvalue weighted by atomic mass is 35.5. The van der Waals surface area contributed by atoms with Crippen LogP contribution in [0.5, 0.6) is 0 Å². The van der Waals surface area contributed by atoms with Gasteiger partial charge in [-0.2, -0.15) is 0 Å². The van der Waals surface area contributed by atoms with Crippen molar-refractivity contribution in [2.75, 3.05) is 0 Å². The molecule has 1 heterocycles. The third-order valence-corrected chi connectivity index (χ3v) is 3.70. The van der Waals surface area contributed by atoms with E-state index >= 15 is 0 Å². The molecular weight excluding hydrogens is 346 g/mol. The van der Waals surface area contributed by atoms with Gasteiger partial charge in [-0.3, -0.25) is 14.9 Å². The number of fused-ring (bicyclic) bond motifs is 1. The number of nitro groups is 1. The van der Waals surface area contributed by atoms with E-state index in [9.17, 15) is 19.7 Å². The average molecular weight is 356 g/mol. The molecule has 0 spiro atoms. The molecule has 2 aromatic carbocycles. The van der Waals surface area contributed by atoms with Gasteiger partial charge < -0.3 is 4.42 Å². The fourth-order valence-electron chi connectivity index (χ4n) is 2.27. The molecule has 0 amide bonds. The SMILES string of the molecule is O=C(/C=C/c1cccc([N+](=O)[O-])c1)c1cc2cc(Cl)ccc2oc1=O. The van der Waals surface area contributed by atoms with E-state index < -0.39 is 16.3 Å². The Morgan fingerprint density at radius 1 is 1.16 bits per heavy atom. The average Bonchev–Trinajstić information content (AvgIpc) is 2.59. The summed E-state index contributed by atoms with van der Waals surface area (Å²) < 4.78 is 5.11. The van der Waals surface area contributed by atoms with Crippen LogP contribution in [0.1, 0.15) is 15.9 Å². The first-order valence-corrected chi connectivity index (χ1v) is 7.52. The zero-order valence-electron chi connectivity index (χ0n) is 12.6. The van der Waals surface area contributed by atoms with Crippen molar-refractivity contribution in [3.63, 3.8) is 0 Å². The molecule has 1 aromatic heterocycles. The van der Waals surface area contributed by atoms with E-state index in [1.165, 1.54) is 36.4 Å². The molecule has 0 unspecified atom stereocenters. The molecule has 0 saturated carbocycles. The second-order valence-electron chi connectivity index (χ2n) is 5.18. The van der Waals surface area contributed by atoms with Gasteiger partial charge in [0.15, 0.2) is 5.78 Å². The van der Waals surface area contributed by atoms with E-state index in [1.807, 2.05) is 0 Å². The molecule has 0 aliphatic rings. The number of halogens is 1. The van der Waals surface area contributed by atoms with E-state index in [1.54, 1.807) is 24.3 Å². The molecule has 0 radical (unpaired) electrons. The zero-order valence-corrected chi connectivity index (χ0v) is 13.4. The molecule has 124 valence electrons. The lowest BCUT2D eigenvalue weighted by atomic mass is 10.1. The molecule has 0 bridgehead atoms. The van der Waals surface area contributed by atoms with Gasteiger partial charge in [0.05, 0.1) is 4.92 Å². The third kappa shape index (κ3) is 3.64. The maximum Gasteiger partial charge on any atom is 0.347 e. The first-order chi connectivity index (χ1) is 11.9. The Labute approximate surface area is 146 Å². The first kappa shape index (κ1) is 16.6. The van der Waals surface area contributed by atoms with Crippen molar-refractivity contribution < 1.29 is 14.1 Å². The number of nitrogens with zero attached hydrogens (tertiary/aromatic N) is 1. The van der Waals surface area contributed by atoms with Crippen LogP contribution in [0.4, 0.5) is 5.69 Å². The number of nitro benzene ring substituents is 1. The number of carbonyl (C=O) groups is 1. The van der Waals surface area contributed by atoms with Crippen molar-refractivity contribution in [2.24, 2.45) is 0 Å². The van der Waals surface area contributed by atoms with Crippen LogP contribution >= 0.6 is 11.6 Å². The minimum Gasteiger partial charge on any atom is -0.422 e. The van der Waals surface area contributed by atoms with Crippen LogP contribution in [0.2, 0.25) is 5.02 Å². The van der Waals surface area contributed by atoms with Crippen molar-refractivity contribution >= 4 is 40.1 Å². The molecule has 0 saturated heterocycles. The van der Waals surface area contributed by atoms with Gasteiger partial charge in [-0.25, -0.2) is 4.79 Å². The van der Waals surface area contributed by atoms with Gasteiger partial charge >= 0.3 is 5.63 Å². The highest BCUT2D eigenvalue weighted by Gasteiger charge is 2.12. The zero-order chi connectivity index (χ0) is 18.0. The van der Waals surface area contributed by atoms with E-state index in [-0.39, 0.29) is 11.3 Å². The van der Waals surface area contributed by atoms with Gasteiger partial charge in [0.1, 0.15) is 11.1 Å². The smallest absolute Gasteiger partial charge is 0.347 e. The van der Waals surface area contributed by atoms with Crippen molar-refractivity contribution in [1.82, 2.24) is 0 Å². The Morgan fingerprint density at radius 3 is 2.72 bits per heavy atom. The van der Waals surface area contributed by atoms with Crippen LogP contribution in [0.15, 0.2) is 63.8 Å². The van der Waals surface area contributed by atoms with Crippen molar-refractivity contribution in [3.8, 4) is 0 Å². The van der Waals surface area contributed by atoms with Crippen LogP contribution < -0.4 is 5.63 Å². The summed E-state index contributed by atoms with van der Waals surface area (Å²) in [6.07, 6.45) is 2.57. The molecule has 0 N–H and O–H groups in total. The predicted molar refractivity (Wildman–Crippen MR) is 94.0 cm³/mol. The molecule has 25 heavy (non-hydrogen) atoms. The number of rotatable bonds is 4. The summed E-state index contributed by atoms with van der Waals surface area (Å²) in [5.41, 5.74) is -0.196. The van der Waals surface area contributed by atoms with E-state index in [2.05, 4.69) is 0 Å². The lowest BCUT2D eigenvalue weighted by Gasteiger charge is -2.00. The number of hydrogen-bond donors (Lipinski definition) is 0. The van der Waals surface area contributed by atoms with Gasteiger partial charge in [-0.05, 0) is 35.9 Å². The maximum absolute atomic E-state index is 12.3. The Hall–Kier alpha value is -3.25. The van der Waals surface area contributed by atoms with E-state index in [0.29, 0.717) is 21.6 Å². The summed E-state index contributed by atoms with van der Waals surface area (Å²) in [4.78, 5) is 34.5. The molecule has 6 nitrogen and oxygen atoms in total. The topological polar surface area (TPSA) is 90.4 Å². The Kier molecular flexibility index (Phi) is 4.45. The highest BCUT2D eigenvalue weighted by Crippen LogP contribution is 2.19. The normalized spacial score (nSPS) is 11.1. The predicted octanol–water partition coefficient (Wildman–Crippen LogP) is 4.25. The van der Waals surface area contributed by atoms with Gasteiger partial charge in [-0.1, -0.05) is 29.8 Å². The Bertz CT molecular complexity index is 1080. The molecular formula is C18H10ClNO5. The second kappa shape index (κ2) is 6.70. The van der Waals surface area contributed by atoms with Crippen LogP contribution in [0.25, 0.3) is 17.0 Å². The highest BCUT2D eigenvalue weighted by molar-refractivity contribution is 6.31. The van der Waals surface area contributed by atoms with Gasteiger partial charge in [-0.15, -0.1) is 0 Å². The van der Waals surface area contributed by atoms with Gasteiger partial charge in [0.2, 0.25) is 0 Å². The molecule has 0 aliphatic heterocycles. The lowest BCUT2D eigenvalue weighted by molar-refractivity contribution is -0.384. The summed E-state index contributed by atoms with van der Waals surface area (Å²) in [6, 6.07) is 11.9. The molecule has 0 fully saturated rings. The minimum absolute atomic E-state index is 0.0885. The first-order valence-electron chi connectivity index (χ1n) is 7.14. The number of non-ortho nitro benzene ring substituents is 1. The Balaban J connectivity index is 1.94. The summed E-state index contributed by atoms with van der Waals surface area (Å²) >= 11 is 5.90. The second-order valence-corrected chi connectivity index (χ2v) is 5.62. The van der Waals surface area contributed by atoms with Crippen molar-refractivity contribution in [3.05, 3.63) is 91.3 Å². The summed E-state index contributed by atoms with van der Waals surface area (Å²) in [6.45, 7) is 0. The lowest BCUT2D eigenvalue weighted by Crippen LogP contribution is -2.11. The number of ketones is 1. The van der Waals surface area contributed by atoms with Crippen LogP contribution in [-0.2, 0) is 0 Å². The van der Waals surface area contributed by atoms with Crippen LogP contribution in [0, 0.1) is 10.1 Å². The minimum atomic E-state index is -0.761. The molecule has 3 rings (SSSR count). The number of benzene rings is 2. The van der Waals surface area contributed by atoms with Crippen LogP contribution in [-0.4, -0.2) is 10.7 Å². The summed E-state index contributed by atoms with van der Waals surface area (Å²) in [7, 11) is 0. The van der Waals surface area contributed by atoms with E-state index in [4.69, 9.17) is 16.0 Å². The molecule has 3 aromatic rings. The molecule has 0 atom stereocenters.